The van der Waals surface area contributed by atoms with Crippen LogP contribution in [0.2, 0.25) is 0 Å². The topological polar surface area (TPSA) is 59.4 Å². The van der Waals surface area contributed by atoms with E-state index < -0.39 is 0 Å². The number of nitrogens with zero attached hydrogens (tertiary/aromatic N) is 3. The van der Waals surface area contributed by atoms with E-state index in [0.717, 1.165) is 37.2 Å². The van der Waals surface area contributed by atoms with Gasteiger partial charge in [0.05, 0.1) is 26.2 Å². The Balaban J connectivity index is 1.56. The Morgan fingerprint density at radius 3 is 3.00 bits per heavy atom. The second-order valence-corrected chi connectivity index (χ2v) is 6.53. The van der Waals surface area contributed by atoms with Crippen LogP contribution in [0.15, 0.2) is 42.7 Å². The fourth-order valence-corrected chi connectivity index (χ4v) is 3.51. The summed E-state index contributed by atoms with van der Waals surface area (Å²) in [6.07, 6.45) is 6.00. The van der Waals surface area contributed by atoms with Crippen molar-refractivity contribution in [1.29, 1.82) is 0 Å². The highest BCUT2D eigenvalue weighted by Crippen LogP contribution is 2.24. The van der Waals surface area contributed by atoms with Crippen LogP contribution in [0.25, 0.3) is 0 Å². The smallest absolute Gasteiger partial charge is 0.234 e. The minimum absolute atomic E-state index is 0.0470. The van der Waals surface area contributed by atoms with E-state index in [4.69, 9.17) is 4.74 Å². The van der Waals surface area contributed by atoms with Crippen molar-refractivity contribution in [2.24, 2.45) is 0 Å². The second kappa shape index (κ2) is 8.16. The molecule has 1 saturated heterocycles. The highest BCUT2D eigenvalue weighted by molar-refractivity contribution is 5.78. The van der Waals surface area contributed by atoms with Crippen molar-refractivity contribution in [2.75, 3.05) is 20.2 Å². The van der Waals surface area contributed by atoms with Crippen LogP contribution in [0.4, 0.5) is 0 Å². The Kier molecular flexibility index (Phi) is 5.71. The molecule has 3 rings (SSSR count). The molecule has 0 bridgehead atoms. The number of ether oxygens (including phenoxy) is 1. The monoisotopic (exact) mass is 342 g/mol. The molecule has 1 amide bonds. The molecule has 2 atom stereocenters. The zero-order valence-corrected chi connectivity index (χ0v) is 14.9. The molecule has 1 fully saturated rings. The molecule has 1 aromatic carbocycles. The summed E-state index contributed by atoms with van der Waals surface area (Å²) < 4.78 is 7.33. The van der Waals surface area contributed by atoms with Crippen LogP contribution < -0.4 is 10.1 Å². The van der Waals surface area contributed by atoms with Gasteiger partial charge in [-0.25, -0.2) is 0 Å². The van der Waals surface area contributed by atoms with Gasteiger partial charge in [-0.1, -0.05) is 18.2 Å². The van der Waals surface area contributed by atoms with Gasteiger partial charge in [0.25, 0.3) is 0 Å². The van der Waals surface area contributed by atoms with Gasteiger partial charge in [0.2, 0.25) is 5.91 Å². The summed E-state index contributed by atoms with van der Waals surface area (Å²) in [5, 5.41) is 7.37. The molecule has 0 unspecified atom stereocenters. The lowest BCUT2D eigenvalue weighted by Crippen LogP contribution is -2.42. The third kappa shape index (κ3) is 4.39. The van der Waals surface area contributed by atoms with Crippen molar-refractivity contribution in [3.63, 3.8) is 0 Å². The lowest BCUT2D eigenvalue weighted by Gasteiger charge is -2.25. The summed E-state index contributed by atoms with van der Waals surface area (Å²) in [5.41, 5.74) is 0.993. The summed E-state index contributed by atoms with van der Waals surface area (Å²) in [6.45, 7) is 4.21. The molecule has 2 heterocycles. The number of hydrogen-bond donors (Lipinski definition) is 1. The van der Waals surface area contributed by atoms with Crippen molar-refractivity contribution >= 4 is 5.91 Å². The first-order valence-electron chi connectivity index (χ1n) is 8.81. The molecule has 0 spiro atoms. The number of aromatic nitrogens is 2. The number of carbonyl (C=O) groups excluding carboxylic acids is 1. The van der Waals surface area contributed by atoms with Crippen LogP contribution in [-0.2, 0) is 11.3 Å². The molecule has 6 heteroatoms. The van der Waals surface area contributed by atoms with Gasteiger partial charge in [0, 0.05) is 24.0 Å². The van der Waals surface area contributed by atoms with Crippen molar-refractivity contribution in [1.82, 2.24) is 20.0 Å². The van der Waals surface area contributed by atoms with E-state index in [2.05, 4.69) is 15.3 Å². The third-order valence-electron chi connectivity index (χ3n) is 4.79. The summed E-state index contributed by atoms with van der Waals surface area (Å²) in [5.74, 6) is 0.846. The molecule has 0 aliphatic carbocycles. The first-order chi connectivity index (χ1) is 12.2. The quantitative estimate of drug-likeness (QED) is 0.838. The number of hydrogen-bond acceptors (Lipinski definition) is 4. The van der Waals surface area contributed by atoms with Gasteiger partial charge in [0.15, 0.2) is 0 Å². The molecule has 1 N–H and O–H groups in total. The molecule has 1 aromatic heterocycles. The Labute approximate surface area is 148 Å². The van der Waals surface area contributed by atoms with E-state index in [9.17, 15) is 4.79 Å². The maximum atomic E-state index is 12.5. The molecule has 1 aliphatic heterocycles. The van der Waals surface area contributed by atoms with E-state index in [-0.39, 0.29) is 11.9 Å². The van der Waals surface area contributed by atoms with E-state index in [1.165, 1.54) is 0 Å². The molecule has 0 saturated carbocycles. The Bertz CT molecular complexity index is 686. The van der Waals surface area contributed by atoms with Crippen LogP contribution in [0.5, 0.6) is 5.75 Å². The number of benzene rings is 1. The fraction of sp³-hybridized carbons (Fsp3) is 0.474. The lowest BCUT2D eigenvalue weighted by atomic mass is 10.1. The van der Waals surface area contributed by atoms with Gasteiger partial charge >= 0.3 is 0 Å². The summed E-state index contributed by atoms with van der Waals surface area (Å²) in [6, 6.07) is 10.0. The van der Waals surface area contributed by atoms with Gasteiger partial charge in [-0.05, 0) is 38.4 Å². The molecule has 25 heavy (non-hydrogen) atoms. The molecule has 6 nitrogen and oxygen atoms in total. The first kappa shape index (κ1) is 17.5. The maximum Gasteiger partial charge on any atom is 0.234 e. The first-order valence-corrected chi connectivity index (χ1v) is 8.81. The molecular formula is C19H26N4O2. The van der Waals surface area contributed by atoms with Crippen LogP contribution >= 0.6 is 0 Å². The van der Waals surface area contributed by atoms with Gasteiger partial charge in [-0.15, -0.1) is 0 Å². The van der Waals surface area contributed by atoms with Gasteiger partial charge in [0.1, 0.15) is 5.75 Å². The number of carbonyl (C=O) groups is 1. The largest absolute Gasteiger partial charge is 0.496 e. The van der Waals surface area contributed by atoms with Gasteiger partial charge < -0.3 is 10.1 Å². The number of para-hydroxylation sites is 1. The van der Waals surface area contributed by atoms with Crippen molar-refractivity contribution in [2.45, 2.75) is 38.4 Å². The Morgan fingerprint density at radius 1 is 1.40 bits per heavy atom. The van der Waals surface area contributed by atoms with E-state index >= 15 is 0 Å². The summed E-state index contributed by atoms with van der Waals surface area (Å²) >= 11 is 0. The zero-order valence-electron chi connectivity index (χ0n) is 14.9. The Morgan fingerprint density at radius 2 is 2.24 bits per heavy atom. The molecular weight excluding hydrogens is 316 g/mol. The Hall–Kier alpha value is -2.34. The summed E-state index contributed by atoms with van der Waals surface area (Å²) in [7, 11) is 1.65. The molecule has 1 aliphatic rings. The number of amides is 1. The van der Waals surface area contributed by atoms with E-state index in [0.29, 0.717) is 12.6 Å². The minimum atomic E-state index is -0.0872. The van der Waals surface area contributed by atoms with Gasteiger partial charge in [-0.3, -0.25) is 14.4 Å². The fourth-order valence-electron chi connectivity index (χ4n) is 3.51. The third-order valence-corrected chi connectivity index (χ3v) is 4.79. The van der Waals surface area contributed by atoms with Gasteiger partial charge in [-0.2, -0.15) is 5.10 Å². The minimum Gasteiger partial charge on any atom is -0.496 e. The average Bonchev–Trinajstić information content (AvgIpc) is 3.27. The van der Waals surface area contributed by atoms with E-state index in [1.807, 2.05) is 48.1 Å². The number of nitrogens with one attached hydrogen (secondary N) is 1. The predicted octanol–water partition coefficient (Wildman–Crippen LogP) is 2.23. The normalized spacial score (nSPS) is 18.9. The second-order valence-electron chi connectivity index (χ2n) is 6.53. The maximum absolute atomic E-state index is 12.5. The van der Waals surface area contributed by atoms with Crippen LogP contribution in [0.1, 0.15) is 31.4 Å². The van der Waals surface area contributed by atoms with Crippen molar-refractivity contribution in [3.05, 3.63) is 48.3 Å². The predicted molar refractivity (Wildman–Crippen MR) is 96.4 cm³/mol. The highest BCUT2D eigenvalue weighted by Gasteiger charge is 2.27. The zero-order chi connectivity index (χ0) is 17.6. The molecule has 0 radical (unpaired) electrons. The van der Waals surface area contributed by atoms with Crippen molar-refractivity contribution < 1.29 is 9.53 Å². The number of methoxy groups -OCH3 is 1. The lowest BCUT2D eigenvalue weighted by molar-refractivity contribution is -0.123. The molecule has 2 aromatic rings. The van der Waals surface area contributed by atoms with Crippen molar-refractivity contribution in [3.8, 4) is 5.75 Å². The summed E-state index contributed by atoms with van der Waals surface area (Å²) in [4.78, 5) is 14.8. The molecule has 134 valence electrons. The SMILES string of the molecule is COc1ccccc1[C@H](C)NC(=O)CN1CCC[C@@H]1Cn1cccn1. The number of likely N-dealkylation sites (tertiary alicyclic amines) is 1. The standard InChI is InChI=1S/C19H26N4O2/c1-15(17-8-3-4-9-18(17)25-2)21-19(24)14-22-11-5-7-16(22)13-23-12-6-10-20-23/h3-4,6,8-10,12,15-16H,5,7,11,13-14H2,1-2H3,(H,21,24)/t15-,16+/m0/s1. The average molecular weight is 342 g/mol. The highest BCUT2D eigenvalue weighted by atomic mass is 16.5. The number of rotatable bonds is 7. The van der Waals surface area contributed by atoms with Crippen LogP contribution in [0, 0.1) is 0 Å². The van der Waals surface area contributed by atoms with Crippen LogP contribution in [0.3, 0.4) is 0 Å². The van der Waals surface area contributed by atoms with Crippen LogP contribution in [-0.4, -0.2) is 46.8 Å². The van der Waals surface area contributed by atoms with E-state index in [1.54, 1.807) is 13.3 Å².